The van der Waals surface area contributed by atoms with Gasteiger partial charge in [0.2, 0.25) is 0 Å². The summed E-state index contributed by atoms with van der Waals surface area (Å²) in [5.74, 6) is 0.993. The largest absolute Gasteiger partial charge is 0.299 e. The highest BCUT2D eigenvalue weighted by Crippen LogP contribution is 2.60. The minimum Gasteiger partial charge on any atom is -0.299 e. The van der Waals surface area contributed by atoms with Crippen molar-refractivity contribution in [2.45, 2.75) is 44.6 Å². The molecule has 0 heterocycles. The van der Waals surface area contributed by atoms with Crippen molar-refractivity contribution in [1.82, 2.24) is 0 Å². The first-order valence-electron chi connectivity index (χ1n) is 11.4. The summed E-state index contributed by atoms with van der Waals surface area (Å²) in [5, 5.41) is 4.43. The van der Waals surface area contributed by atoms with Gasteiger partial charge in [0.1, 0.15) is 5.78 Å². The van der Waals surface area contributed by atoms with Crippen molar-refractivity contribution >= 4 is 29.4 Å². The second-order valence-electron chi connectivity index (χ2n) is 9.34. The SMILES string of the molecule is CC(=O)[C@]12CCC[C@H]1C[C@@H]([Si](c1ccccc1)(c1ccccc1)c1ccccc1)C2. The maximum Gasteiger partial charge on any atom is 0.151 e. The van der Waals surface area contributed by atoms with Gasteiger partial charge in [-0.05, 0) is 59.6 Å². The number of fused-ring (bicyclic) bond motifs is 1. The van der Waals surface area contributed by atoms with E-state index < -0.39 is 8.07 Å². The van der Waals surface area contributed by atoms with Crippen LogP contribution in [-0.2, 0) is 4.79 Å². The first-order chi connectivity index (χ1) is 14.7. The molecule has 0 saturated heterocycles. The Morgan fingerprint density at radius 1 is 0.800 bits per heavy atom. The van der Waals surface area contributed by atoms with E-state index >= 15 is 0 Å². The Morgan fingerprint density at radius 2 is 1.27 bits per heavy atom. The molecule has 152 valence electrons. The van der Waals surface area contributed by atoms with Crippen LogP contribution in [0.5, 0.6) is 0 Å². The quantitative estimate of drug-likeness (QED) is 0.440. The number of Topliss-reactive ketones (excluding diaryl/α,β-unsaturated/α-hetero) is 1. The van der Waals surface area contributed by atoms with Gasteiger partial charge in [-0.2, -0.15) is 0 Å². The molecule has 1 nitrogen and oxygen atoms in total. The number of hydrogen-bond donors (Lipinski definition) is 0. The molecule has 2 heteroatoms. The minimum atomic E-state index is -2.30. The van der Waals surface area contributed by atoms with E-state index in [2.05, 4.69) is 91.0 Å². The van der Waals surface area contributed by atoms with Crippen LogP contribution in [0.2, 0.25) is 5.54 Å². The van der Waals surface area contributed by atoms with Gasteiger partial charge in [0.05, 0.1) is 0 Å². The van der Waals surface area contributed by atoms with Gasteiger partial charge in [0.25, 0.3) is 0 Å². The lowest BCUT2D eigenvalue weighted by atomic mass is 9.77. The maximum absolute atomic E-state index is 12.9. The summed E-state index contributed by atoms with van der Waals surface area (Å²) < 4.78 is 0. The summed E-state index contributed by atoms with van der Waals surface area (Å²) in [5.41, 5.74) is 0.459. The lowest BCUT2D eigenvalue weighted by Crippen LogP contribution is -2.69. The van der Waals surface area contributed by atoms with Gasteiger partial charge in [-0.15, -0.1) is 0 Å². The van der Waals surface area contributed by atoms with Crippen LogP contribution in [0.4, 0.5) is 0 Å². The molecule has 3 aromatic carbocycles. The highest BCUT2D eigenvalue weighted by atomic mass is 28.3. The molecule has 0 radical (unpaired) electrons. The topological polar surface area (TPSA) is 17.1 Å². The molecule has 2 aliphatic carbocycles. The zero-order valence-electron chi connectivity index (χ0n) is 17.8. The Labute approximate surface area is 181 Å². The van der Waals surface area contributed by atoms with E-state index in [-0.39, 0.29) is 5.41 Å². The van der Waals surface area contributed by atoms with Gasteiger partial charge in [0, 0.05) is 5.41 Å². The van der Waals surface area contributed by atoms with Crippen LogP contribution in [-0.4, -0.2) is 13.9 Å². The zero-order chi connectivity index (χ0) is 20.6. The van der Waals surface area contributed by atoms with E-state index in [0.29, 0.717) is 17.2 Å². The van der Waals surface area contributed by atoms with Crippen LogP contribution in [0.25, 0.3) is 0 Å². The van der Waals surface area contributed by atoms with Crippen molar-refractivity contribution in [3.8, 4) is 0 Å². The second kappa shape index (κ2) is 7.66. The van der Waals surface area contributed by atoms with Crippen molar-refractivity contribution in [2.75, 3.05) is 0 Å². The molecule has 0 bridgehead atoms. The number of hydrogen-bond acceptors (Lipinski definition) is 1. The fourth-order valence-corrected chi connectivity index (χ4v) is 12.7. The second-order valence-corrected chi connectivity index (χ2v) is 13.5. The van der Waals surface area contributed by atoms with E-state index in [9.17, 15) is 4.79 Å². The third-order valence-corrected chi connectivity index (χ3v) is 13.5. The predicted octanol–water partition coefficient (Wildman–Crippen LogP) is 4.70. The Hall–Kier alpha value is -2.45. The molecule has 2 aliphatic rings. The van der Waals surface area contributed by atoms with Crippen molar-refractivity contribution in [2.24, 2.45) is 11.3 Å². The number of ketones is 1. The van der Waals surface area contributed by atoms with Crippen LogP contribution in [0.1, 0.15) is 39.0 Å². The van der Waals surface area contributed by atoms with E-state index in [4.69, 9.17) is 0 Å². The summed E-state index contributed by atoms with van der Waals surface area (Å²) in [7, 11) is -2.30. The van der Waals surface area contributed by atoms with Crippen molar-refractivity contribution < 1.29 is 4.79 Å². The molecule has 2 fully saturated rings. The number of rotatable bonds is 5. The summed E-state index contributed by atoms with van der Waals surface area (Å²) in [6, 6.07) is 33.6. The summed E-state index contributed by atoms with van der Waals surface area (Å²) in [4.78, 5) is 12.9. The fraction of sp³-hybridized carbons (Fsp3) is 0.321. The van der Waals surface area contributed by atoms with Crippen LogP contribution in [0.3, 0.4) is 0 Å². The molecule has 0 N–H and O–H groups in total. The molecule has 0 amide bonds. The molecule has 0 unspecified atom stereocenters. The van der Waals surface area contributed by atoms with Gasteiger partial charge in [-0.1, -0.05) is 97.4 Å². The lowest BCUT2D eigenvalue weighted by Gasteiger charge is -2.40. The Balaban J connectivity index is 1.76. The Morgan fingerprint density at radius 3 is 1.67 bits per heavy atom. The van der Waals surface area contributed by atoms with E-state index in [1.807, 2.05) is 6.92 Å². The van der Waals surface area contributed by atoms with Crippen molar-refractivity contribution in [1.29, 1.82) is 0 Å². The molecule has 0 aliphatic heterocycles. The minimum absolute atomic E-state index is 0.0821. The van der Waals surface area contributed by atoms with E-state index in [1.54, 1.807) is 0 Å². The van der Waals surface area contributed by atoms with E-state index in [1.165, 1.54) is 34.8 Å². The number of benzene rings is 3. The molecule has 5 rings (SSSR count). The number of carbonyl (C=O) groups is 1. The first kappa shape index (κ1) is 19.5. The van der Waals surface area contributed by atoms with Crippen molar-refractivity contribution in [3.05, 3.63) is 91.0 Å². The van der Waals surface area contributed by atoms with Gasteiger partial charge in [0.15, 0.2) is 8.07 Å². The third kappa shape index (κ3) is 2.85. The first-order valence-corrected chi connectivity index (χ1v) is 13.4. The average Bonchev–Trinajstić information content (AvgIpc) is 3.36. The van der Waals surface area contributed by atoms with Crippen molar-refractivity contribution in [3.63, 3.8) is 0 Å². The molecule has 2 saturated carbocycles. The third-order valence-electron chi connectivity index (χ3n) is 8.14. The smallest absolute Gasteiger partial charge is 0.151 e. The molecular weight excluding hydrogens is 380 g/mol. The monoisotopic (exact) mass is 410 g/mol. The normalized spacial score (nSPS) is 25.8. The zero-order valence-corrected chi connectivity index (χ0v) is 18.8. The summed E-state index contributed by atoms with van der Waals surface area (Å²) >= 11 is 0. The van der Waals surface area contributed by atoms with Gasteiger partial charge >= 0.3 is 0 Å². The van der Waals surface area contributed by atoms with Crippen LogP contribution in [0.15, 0.2) is 91.0 Å². The van der Waals surface area contributed by atoms with Gasteiger partial charge in [-0.25, -0.2) is 0 Å². The lowest BCUT2D eigenvalue weighted by molar-refractivity contribution is -0.127. The Bertz CT molecular complexity index is 918. The fourth-order valence-electron chi connectivity index (χ4n) is 6.87. The number of carbonyl (C=O) groups excluding carboxylic acids is 1. The maximum atomic E-state index is 12.9. The molecule has 0 aromatic heterocycles. The molecule has 3 aromatic rings. The summed E-state index contributed by atoms with van der Waals surface area (Å²) in [6.07, 6.45) is 5.77. The Kier molecular flexibility index (Phi) is 4.98. The standard InChI is InChI=1S/C28H30OSi/c1-22(29)28-19-11-12-23(28)20-27(21-28)30(24-13-5-2-6-14-24,25-15-7-3-8-16-25)26-17-9-4-10-18-26/h2-10,13-18,23,27H,11-12,19-21H2,1H3/t23-,27+,28+/m0/s1. The highest BCUT2D eigenvalue weighted by molar-refractivity contribution is 7.12. The van der Waals surface area contributed by atoms with Gasteiger partial charge in [-0.3, -0.25) is 4.79 Å². The molecule has 3 atom stereocenters. The molecule has 30 heavy (non-hydrogen) atoms. The van der Waals surface area contributed by atoms with Gasteiger partial charge < -0.3 is 0 Å². The predicted molar refractivity (Wildman–Crippen MR) is 127 cm³/mol. The molecular formula is C28H30OSi. The van der Waals surface area contributed by atoms with Crippen LogP contribution >= 0.6 is 0 Å². The highest BCUT2D eigenvalue weighted by Gasteiger charge is 2.59. The molecule has 0 spiro atoms. The van der Waals surface area contributed by atoms with Crippen LogP contribution in [0, 0.1) is 11.3 Å². The summed E-state index contributed by atoms with van der Waals surface area (Å²) in [6.45, 7) is 1.86. The van der Waals surface area contributed by atoms with E-state index in [0.717, 1.165) is 12.8 Å². The van der Waals surface area contributed by atoms with Crippen LogP contribution < -0.4 is 15.6 Å². The average molecular weight is 411 g/mol.